The van der Waals surface area contributed by atoms with Gasteiger partial charge in [-0.25, -0.2) is 9.67 Å². The summed E-state index contributed by atoms with van der Waals surface area (Å²) in [5.41, 5.74) is 4.74. The van der Waals surface area contributed by atoms with E-state index < -0.39 is 11.9 Å². The third kappa shape index (κ3) is 2.48. The number of hydrogen-bond donors (Lipinski definition) is 1. The first kappa shape index (κ1) is 12.5. The van der Waals surface area contributed by atoms with Crippen LogP contribution in [-0.2, 0) is 6.18 Å². The minimum atomic E-state index is -4.48. The Kier molecular flexibility index (Phi) is 3.04. The Bertz CT molecular complexity index is 591. The van der Waals surface area contributed by atoms with Gasteiger partial charge in [-0.3, -0.25) is 0 Å². The molecule has 0 aliphatic heterocycles. The van der Waals surface area contributed by atoms with Crippen molar-refractivity contribution >= 4 is 17.2 Å². The van der Waals surface area contributed by atoms with E-state index in [1.807, 2.05) is 0 Å². The fourth-order valence-electron chi connectivity index (χ4n) is 1.29. The van der Waals surface area contributed by atoms with Crippen molar-refractivity contribution < 1.29 is 13.2 Å². The number of rotatable bonds is 2. The molecule has 0 fully saturated rings. The second-order valence-corrected chi connectivity index (χ2v) is 3.83. The van der Waals surface area contributed by atoms with Crippen LogP contribution in [0.15, 0.2) is 30.5 Å². The summed E-state index contributed by atoms with van der Waals surface area (Å²) in [4.78, 5) is 4.07. The highest BCUT2D eigenvalue weighted by Crippen LogP contribution is 2.27. The van der Waals surface area contributed by atoms with E-state index in [1.54, 1.807) is 12.1 Å². The Morgan fingerprint density at radius 3 is 2.56 bits per heavy atom. The van der Waals surface area contributed by atoms with E-state index in [-0.39, 0.29) is 10.8 Å². The SMILES string of the molecule is NC(=S)c1cccc(-n2ccc(C(F)(F)F)n2)n1. The monoisotopic (exact) mass is 272 g/mol. The number of thiocarbonyl (C=S) groups is 1. The first-order valence-corrected chi connectivity index (χ1v) is 5.19. The van der Waals surface area contributed by atoms with Crippen molar-refractivity contribution in [2.24, 2.45) is 5.73 Å². The summed E-state index contributed by atoms with van der Waals surface area (Å²) in [6.07, 6.45) is -3.31. The quantitative estimate of drug-likeness (QED) is 0.849. The number of nitrogens with zero attached hydrogens (tertiary/aromatic N) is 3. The predicted octanol–water partition coefficient (Wildman–Crippen LogP) is 1.92. The Hall–Kier alpha value is -1.96. The highest BCUT2D eigenvalue weighted by atomic mass is 32.1. The van der Waals surface area contributed by atoms with E-state index in [9.17, 15) is 13.2 Å². The summed E-state index contributed by atoms with van der Waals surface area (Å²) in [5, 5.41) is 3.40. The molecule has 0 amide bonds. The van der Waals surface area contributed by atoms with Gasteiger partial charge in [-0.2, -0.15) is 18.3 Å². The van der Waals surface area contributed by atoms with E-state index in [4.69, 9.17) is 18.0 Å². The highest BCUT2D eigenvalue weighted by molar-refractivity contribution is 7.80. The number of pyridine rings is 1. The van der Waals surface area contributed by atoms with Crippen LogP contribution in [0.25, 0.3) is 5.82 Å². The highest BCUT2D eigenvalue weighted by Gasteiger charge is 2.33. The number of aromatic nitrogens is 3. The van der Waals surface area contributed by atoms with Crippen LogP contribution in [0.3, 0.4) is 0 Å². The van der Waals surface area contributed by atoms with Crippen LogP contribution in [0.4, 0.5) is 13.2 Å². The predicted molar refractivity (Wildman–Crippen MR) is 62.2 cm³/mol. The second-order valence-electron chi connectivity index (χ2n) is 3.39. The van der Waals surface area contributed by atoms with Gasteiger partial charge in [-0.15, -0.1) is 0 Å². The number of hydrogen-bond acceptors (Lipinski definition) is 3. The largest absolute Gasteiger partial charge is 0.435 e. The third-order valence-corrected chi connectivity index (χ3v) is 2.31. The van der Waals surface area contributed by atoms with Crippen molar-refractivity contribution in [3.63, 3.8) is 0 Å². The molecule has 2 N–H and O–H groups in total. The molecular weight excluding hydrogens is 265 g/mol. The lowest BCUT2D eigenvalue weighted by Crippen LogP contribution is -2.13. The van der Waals surface area contributed by atoms with Crippen LogP contribution >= 0.6 is 12.2 Å². The zero-order valence-electron chi connectivity index (χ0n) is 8.85. The van der Waals surface area contributed by atoms with Crippen molar-refractivity contribution in [3.05, 3.63) is 41.9 Å². The molecule has 0 aliphatic rings. The molecule has 0 bridgehead atoms. The summed E-state index contributed by atoms with van der Waals surface area (Å²) in [6, 6.07) is 5.54. The maximum Gasteiger partial charge on any atom is 0.435 e. The summed E-state index contributed by atoms with van der Waals surface area (Å²) in [7, 11) is 0. The molecule has 94 valence electrons. The first-order chi connectivity index (χ1) is 8.38. The number of nitrogens with two attached hydrogens (primary N) is 1. The Labute approximate surface area is 105 Å². The molecule has 0 aromatic carbocycles. The van der Waals surface area contributed by atoms with E-state index in [2.05, 4.69) is 10.1 Å². The minimum absolute atomic E-state index is 0.0695. The van der Waals surface area contributed by atoms with Gasteiger partial charge in [0.2, 0.25) is 0 Å². The minimum Gasteiger partial charge on any atom is -0.388 e. The van der Waals surface area contributed by atoms with Gasteiger partial charge in [0.15, 0.2) is 11.5 Å². The van der Waals surface area contributed by atoms with Gasteiger partial charge in [0, 0.05) is 6.20 Å². The van der Waals surface area contributed by atoms with E-state index in [1.165, 1.54) is 12.3 Å². The molecule has 2 aromatic rings. The molecule has 0 radical (unpaired) electrons. The molecule has 0 saturated heterocycles. The van der Waals surface area contributed by atoms with Crippen LogP contribution in [0, 0.1) is 0 Å². The maximum atomic E-state index is 12.4. The molecule has 8 heteroatoms. The first-order valence-electron chi connectivity index (χ1n) is 4.78. The van der Waals surface area contributed by atoms with Crippen molar-refractivity contribution in [1.29, 1.82) is 0 Å². The molecule has 0 spiro atoms. The molecule has 0 atom stereocenters. The number of halogens is 3. The van der Waals surface area contributed by atoms with Gasteiger partial charge in [0.05, 0.1) is 5.69 Å². The molecule has 18 heavy (non-hydrogen) atoms. The molecule has 0 aliphatic carbocycles. The molecular formula is C10H7F3N4S. The van der Waals surface area contributed by atoms with Crippen LogP contribution in [0.1, 0.15) is 11.4 Å². The molecule has 2 heterocycles. The molecule has 0 saturated carbocycles. The van der Waals surface area contributed by atoms with Crippen molar-refractivity contribution in [1.82, 2.24) is 14.8 Å². The molecule has 0 unspecified atom stereocenters. The molecule has 4 nitrogen and oxygen atoms in total. The molecule has 2 rings (SSSR count). The normalized spacial score (nSPS) is 11.5. The summed E-state index contributed by atoms with van der Waals surface area (Å²) in [6.45, 7) is 0. The number of alkyl halides is 3. The van der Waals surface area contributed by atoms with Crippen LogP contribution in [-0.4, -0.2) is 19.8 Å². The van der Waals surface area contributed by atoms with Crippen molar-refractivity contribution in [2.75, 3.05) is 0 Å². The Morgan fingerprint density at radius 2 is 2.00 bits per heavy atom. The zero-order chi connectivity index (χ0) is 13.3. The zero-order valence-corrected chi connectivity index (χ0v) is 9.66. The average molecular weight is 272 g/mol. The third-order valence-electron chi connectivity index (χ3n) is 2.10. The fraction of sp³-hybridized carbons (Fsp3) is 0.100. The topological polar surface area (TPSA) is 56.7 Å². The van der Waals surface area contributed by atoms with Crippen LogP contribution in [0.2, 0.25) is 0 Å². The van der Waals surface area contributed by atoms with Gasteiger partial charge < -0.3 is 5.73 Å². The van der Waals surface area contributed by atoms with E-state index in [0.29, 0.717) is 5.69 Å². The van der Waals surface area contributed by atoms with Gasteiger partial charge in [-0.05, 0) is 18.2 Å². The van der Waals surface area contributed by atoms with Gasteiger partial charge in [-0.1, -0.05) is 18.3 Å². The maximum absolute atomic E-state index is 12.4. The Morgan fingerprint density at radius 1 is 1.28 bits per heavy atom. The lowest BCUT2D eigenvalue weighted by Gasteiger charge is -2.04. The van der Waals surface area contributed by atoms with Gasteiger partial charge in [0.25, 0.3) is 0 Å². The fourth-order valence-corrected chi connectivity index (χ4v) is 1.40. The van der Waals surface area contributed by atoms with Crippen LogP contribution < -0.4 is 5.73 Å². The second kappa shape index (κ2) is 4.37. The molecule has 2 aromatic heterocycles. The lowest BCUT2D eigenvalue weighted by atomic mass is 10.3. The van der Waals surface area contributed by atoms with Crippen molar-refractivity contribution in [3.8, 4) is 5.82 Å². The van der Waals surface area contributed by atoms with E-state index >= 15 is 0 Å². The van der Waals surface area contributed by atoms with E-state index in [0.717, 1.165) is 10.7 Å². The standard InChI is InChI=1S/C10H7F3N4S/c11-10(12,13)7-4-5-17(16-7)8-3-1-2-6(15-8)9(14)18/h1-5H,(H2,14,18). The van der Waals surface area contributed by atoms with Gasteiger partial charge in [0.1, 0.15) is 4.99 Å². The summed E-state index contributed by atoms with van der Waals surface area (Å²) in [5.74, 6) is 0.218. The summed E-state index contributed by atoms with van der Waals surface area (Å²) < 4.78 is 38.2. The van der Waals surface area contributed by atoms with Crippen molar-refractivity contribution in [2.45, 2.75) is 6.18 Å². The van der Waals surface area contributed by atoms with Gasteiger partial charge >= 0.3 is 6.18 Å². The van der Waals surface area contributed by atoms with Crippen LogP contribution in [0.5, 0.6) is 0 Å². The lowest BCUT2D eigenvalue weighted by molar-refractivity contribution is -0.141. The smallest absolute Gasteiger partial charge is 0.388 e. The average Bonchev–Trinajstić information content (AvgIpc) is 2.78. The Balaban J connectivity index is 2.40. The summed E-state index contributed by atoms with van der Waals surface area (Å²) >= 11 is 4.74.